The summed E-state index contributed by atoms with van der Waals surface area (Å²) >= 11 is 0. The highest BCUT2D eigenvalue weighted by Crippen LogP contribution is 2.29. The molecule has 0 aliphatic rings. The fourth-order valence-corrected chi connectivity index (χ4v) is 2.61. The van der Waals surface area contributed by atoms with Crippen LogP contribution in [0.15, 0.2) is 42.5 Å². The minimum atomic E-state index is -0.257. The van der Waals surface area contributed by atoms with E-state index in [1.807, 2.05) is 37.3 Å². The summed E-state index contributed by atoms with van der Waals surface area (Å²) < 4.78 is 21.1. The normalized spacial score (nSPS) is 11.7. The Labute approximate surface area is 159 Å². The van der Waals surface area contributed by atoms with Crippen molar-refractivity contribution in [3.05, 3.63) is 53.6 Å². The molecule has 0 heterocycles. The van der Waals surface area contributed by atoms with Gasteiger partial charge in [-0.1, -0.05) is 0 Å². The molecule has 0 aromatic heterocycles. The molecule has 0 unspecified atom stereocenters. The second kappa shape index (κ2) is 9.52. The van der Waals surface area contributed by atoms with Gasteiger partial charge >= 0.3 is 0 Å². The van der Waals surface area contributed by atoms with E-state index >= 15 is 0 Å². The van der Waals surface area contributed by atoms with Crippen molar-refractivity contribution in [3.8, 4) is 23.0 Å². The molecule has 1 atom stereocenters. The smallest absolute Gasteiger partial charge is 0.244 e. The van der Waals surface area contributed by atoms with Gasteiger partial charge in [0, 0.05) is 17.7 Å². The summed E-state index contributed by atoms with van der Waals surface area (Å²) in [5.41, 5.74) is 1.63. The van der Waals surface area contributed by atoms with Crippen LogP contribution in [0.2, 0.25) is 0 Å². The number of methoxy groups -OCH3 is 4. The summed E-state index contributed by atoms with van der Waals surface area (Å²) in [7, 11) is 6.35. The summed E-state index contributed by atoms with van der Waals surface area (Å²) in [6, 6.07) is 10.6. The molecule has 0 bridgehead atoms. The number of benzene rings is 2. The van der Waals surface area contributed by atoms with Crippen molar-refractivity contribution < 1.29 is 23.7 Å². The van der Waals surface area contributed by atoms with Crippen LogP contribution < -0.4 is 24.3 Å². The molecular weight excluding hydrogens is 346 g/mol. The van der Waals surface area contributed by atoms with Gasteiger partial charge in [-0.05, 0) is 48.9 Å². The molecule has 1 N–H and O–H groups in total. The lowest BCUT2D eigenvalue weighted by atomic mass is 10.1. The van der Waals surface area contributed by atoms with E-state index in [1.54, 1.807) is 40.6 Å². The summed E-state index contributed by atoms with van der Waals surface area (Å²) in [6.45, 7) is 1.89. The Kier molecular flexibility index (Phi) is 7.11. The number of carbonyl (C=O) groups excluding carboxylic acids is 1. The van der Waals surface area contributed by atoms with E-state index in [2.05, 4.69) is 5.32 Å². The fourth-order valence-electron chi connectivity index (χ4n) is 2.61. The van der Waals surface area contributed by atoms with E-state index in [-0.39, 0.29) is 11.9 Å². The molecule has 1 amide bonds. The van der Waals surface area contributed by atoms with Crippen LogP contribution in [0.1, 0.15) is 24.1 Å². The van der Waals surface area contributed by atoms with Gasteiger partial charge in [0.2, 0.25) is 5.91 Å². The third kappa shape index (κ3) is 5.41. The Morgan fingerprint density at radius 1 is 0.889 bits per heavy atom. The van der Waals surface area contributed by atoms with Gasteiger partial charge in [-0.25, -0.2) is 0 Å². The van der Waals surface area contributed by atoms with Crippen molar-refractivity contribution in [2.75, 3.05) is 28.4 Å². The average molecular weight is 371 g/mol. The van der Waals surface area contributed by atoms with Crippen molar-refractivity contribution in [2.45, 2.75) is 13.0 Å². The van der Waals surface area contributed by atoms with Crippen molar-refractivity contribution in [2.24, 2.45) is 0 Å². The molecule has 27 heavy (non-hydrogen) atoms. The van der Waals surface area contributed by atoms with Crippen LogP contribution in [0.3, 0.4) is 0 Å². The zero-order chi connectivity index (χ0) is 19.8. The number of ether oxygens (including phenoxy) is 4. The Hall–Kier alpha value is -3.15. The largest absolute Gasteiger partial charge is 0.497 e. The maximum Gasteiger partial charge on any atom is 0.244 e. The molecule has 6 heteroatoms. The highest BCUT2D eigenvalue weighted by atomic mass is 16.5. The Bertz CT molecular complexity index is 794. The Morgan fingerprint density at radius 3 is 2.07 bits per heavy atom. The van der Waals surface area contributed by atoms with Crippen LogP contribution in [0.25, 0.3) is 6.08 Å². The lowest BCUT2D eigenvalue weighted by Gasteiger charge is -2.17. The van der Waals surface area contributed by atoms with Crippen LogP contribution in [-0.2, 0) is 4.79 Å². The molecule has 0 saturated carbocycles. The first-order valence-corrected chi connectivity index (χ1v) is 8.44. The Balaban J connectivity index is 2.12. The number of nitrogens with one attached hydrogen (secondary N) is 1. The molecule has 2 aromatic carbocycles. The van der Waals surface area contributed by atoms with Gasteiger partial charge in [-0.3, -0.25) is 4.79 Å². The Morgan fingerprint density at radius 2 is 1.52 bits per heavy atom. The van der Waals surface area contributed by atoms with E-state index in [9.17, 15) is 4.79 Å². The second-order valence-electron chi connectivity index (χ2n) is 5.82. The lowest BCUT2D eigenvalue weighted by Crippen LogP contribution is -2.25. The van der Waals surface area contributed by atoms with Gasteiger partial charge < -0.3 is 24.3 Å². The van der Waals surface area contributed by atoms with Crippen molar-refractivity contribution in [1.29, 1.82) is 0 Å². The maximum absolute atomic E-state index is 12.3. The minimum absolute atomic E-state index is 0.228. The second-order valence-corrected chi connectivity index (χ2v) is 5.82. The first-order valence-electron chi connectivity index (χ1n) is 8.44. The molecule has 144 valence electrons. The third-order valence-electron chi connectivity index (χ3n) is 4.06. The molecule has 0 saturated heterocycles. The van der Waals surface area contributed by atoms with Crippen molar-refractivity contribution in [1.82, 2.24) is 5.32 Å². The van der Waals surface area contributed by atoms with Crippen molar-refractivity contribution in [3.63, 3.8) is 0 Å². The number of hydrogen-bond donors (Lipinski definition) is 1. The van der Waals surface area contributed by atoms with Crippen LogP contribution in [-0.4, -0.2) is 34.3 Å². The van der Waals surface area contributed by atoms with Crippen LogP contribution >= 0.6 is 0 Å². The van der Waals surface area contributed by atoms with Gasteiger partial charge in [0.1, 0.15) is 23.0 Å². The van der Waals surface area contributed by atoms with E-state index in [0.29, 0.717) is 23.0 Å². The molecule has 0 radical (unpaired) electrons. The molecule has 0 fully saturated rings. The summed E-state index contributed by atoms with van der Waals surface area (Å²) in [6.07, 6.45) is 3.17. The number of amides is 1. The average Bonchev–Trinajstić information content (AvgIpc) is 2.71. The standard InChI is InChI=1S/C21H25NO5/c1-14(19-13-16(24-2)7-8-20(19)27-5)22-21(23)9-6-15-10-17(25-3)12-18(11-15)26-4/h6-14H,1-5H3,(H,22,23)/b9-6+/t14-/m1/s1. The molecule has 2 rings (SSSR count). The van der Waals surface area contributed by atoms with Crippen LogP contribution in [0.5, 0.6) is 23.0 Å². The van der Waals surface area contributed by atoms with Gasteiger partial charge in [-0.15, -0.1) is 0 Å². The highest BCUT2D eigenvalue weighted by Gasteiger charge is 2.14. The molecule has 2 aromatic rings. The van der Waals surface area contributed by atoms with E-state index < -0.39 is 0 Å². The molecule has 0 aliphatic heterocycles. The fraction of sp³-hybridized carbons (Fsp3) is 0.286. The van der Waals surface area contributed by atoms with Crippen LogP contribution in [0, 0.1) is 0 Å². The number of carbonyl (C=O) groups is 1. The zero-order valence-electron chi connectivity index (χ0n) is 16.2. The summed E-state index contributed by atoms with van der Waals surface area (Å²) in [5, 5.41) is 2.93. The topological polar surface area (TPSA) is 66.0 Å². The first-order chi connectivity index (χ1) is 13.0. The SMILES string of the molecule is COc1cc(/C=C/C(=O)N[C@H](C)c2cc(OC)ccc2OC)cc(OC)c1. The quantitative estimate of drug-likeness (QED) is 0.718. The van der Waals surface area contributed by atoms with Gasteiger partial charge in [0.25, 0.3) is 0 Å². The third-order valence-corrected chi connectivity index (χ3v) is 4.06. The predicted molar refractivity (Wildman–Crippen MR) is 105 cm³/mol. The van der Waals surface area contributed by atoms with Gasteiger partial charge in [0.05, 0.1) is 34.5 Å². The molecule has 0 aliphatic carbocycles. The van der Waals surface area contributed by atoms with E-state index in [4.69, 9.17) is 18.9 Å². The lowest BCUT2D eigenvalue weighted by molar-refractivity contribution is -0.117. The summed E-state index contributed by atoms with van der Waals surface area (Å²) in [5.74, 6) is 2.47. The first kappa shape index (κ1) is 20.2. The van der Waals surface area contributed by atoms with Crippen LogP contribution in [0.4, 0.5) is 0 Å². The predicted octanol–water partition coefficient (Wildman–Crippen LogP) is 3.61. The number of hydrogen-bond acceptors (Lipinski definition) is 5. The van der Waals surface area contributed by atoms with Crippen molar-refractivity contribution >= 4 is 12.0 Å². The van der Waals surface area contributed by atoms with E-state index in [0.717, 1.165) is 11.1 Å². The van der Waals surface area contributed by atoms with E-state index in [1.165, 1.54) is 6.08 Å². The molecule has 6 nitrogen and oxygen atoms in total. The number of rotatable bonds is 8. The van der Waals surface area contributed by atoms with Gasteiger partial charge in [-0.2, -0.15) is 0 Å². The zero-order valence-corrected chi connectivity index (χ0v) is 16.2. The maximum atomic E-state index is 12.3. The molecule has 0 spiro atoms. The molecular formula is C21H25NO5. The summed E-state index contributed by atoms with van der Waals surface area (Å²) in [4.78, 5) is 12.3. The minimum Gasteiger partial charge on any atom is -0.497 e. The van der Waals surface area contributed by atoms with Gasteiger partial charge in [0.15, 0.2) is 0 Å². The highest BCUT2D eigenvalue weighted by molar-refractivity contribution is 5.92. The monoisotopic (exact) mass is 371 g/mol.